The summed E-state index contributed by atoms with van der Waals surface area (Å²) in [5.41, 5.74) is -0.120. The number of nitro benzene ring substituents is 1. The highest BCUT2D eigenvalue weighted by molar-refractivity contribution is 5.96. The monoisotopic (exact) mass is 251 g/mol. The van der Waals surface area contributed by atoms with Crippen LogP contribution < -0.4 is 10.6 Å². The average Bonchev–Trinajstić information content (AvgIpc) is 2.85. The fraction of sp³-hybridized carbons (Fsp3) is 0.364. The van der Waals surface area contributed by atoms with Crippen LogP contribution in [0.2, 0.25) is 0 Å². The predicted octanol–water partition coefficient (Wildman–Crippen LogP) is 0.991. The molecular formula is C11H13N3O4. The maximum absolute atomic E-state index is 11.8. The number of phenolic OH excluding ortho intramolecular Hbond substituents is 1. The van der Waals surface area contributed by atoms with Crippen LogP contribution in [0.3, 0.4) is 0 Å². The van der Waals surface area contributed by atoms with E-state index in [2.05, 4.69) is 10.6 Å². The van der Waals surface area contributed by atoms with Gasteiger partial charge >= 0.3 is 0 Å². The zero-order valence-electron chi connectivity index (χ0n) is 9.55. The standard InChI is InChI=1S/C11H13N3O4/c15-10-4-3-7(14(17)18)6-9(10)13-11(16)8-2-1-5-12-8/h3-4,6,8,12,15H,1-2,5H2,(H,13,16)/t8-/m0/s1. The Hall–Kier alpha value is -2.15. The maximum Gasteiger partial charge on any atom is 0.271 e. The third-order valence-electron chi connectivity index (χ3n) is 2.83. The second kappa shape index (κ2) is 5.01. The van der Waals surface area contributed by atoms with Crippen molar-refractivity contribution in [1.29, 1.82) is 0 Å². The minimum atomic E-state index is -0.580. The van der Waals surface area contributed by atoms with Crippen molar-refractivity contribution >= 4 is 17.3 Å². The zero-order valence-corrected chi connectivity index (χ0v) is 9.55. The molecule has 1 amide bonds. The van der Waals surface area contributed by atoms with Gasteiger partial charge in [0, 0.05) is 12.1 Å². The van der Waals surface area contributed by atoms with Gasteiger partial charge in [0.1, 0.15) is 5.75 Å². The van der Waals surface area contributed by atoms with E-state index >= 15 is 0 Å². The van der Waals surface area contributed by atoms with Crippen molar-refractivity contribution in [1.82, 2.24) is 5.32 Å². The average molecular weight is 251 g/mol. The lowest BCUT2D eigenvalue weighted by Gasteiger charge is -2.11. The second-order valence-electron chi connectivity index (χ2n) is 4.10. The van der Waals surface area contributed by atoms with Gasteiger partial charge in [-0.2, -0.15) is 0 Å². The van der Waals surface area contributed by atoms with E-state index in [1.807, 2.05) is 0 Å². The molecular weight excluding hydrogens is 238 g/mol. The number of carbonyl (C=O) groups excluding carboxylic acids is 1. The molecule has 1 heterocycles. The number of hydrogen-bond donors (Lipinski definition) is 3. The molecule has 0 aliphatic carbocycles. The predicted molar refractivity (Wildman–Crippen MR) is 64.4 cm³/mol. The molecule has 7 heteroatoms. The molecule has 1 aliphatic rings. The van der Waals surface area contributed by atoms with Crippen LogP contribution in [-0.4, -0.2) is 28.5 Å². The van der Waals surface area contributed by atoms with Crippen LogP contribution in [-0.2, 0) is 4.79 Å². The van der Waals surface area contributed by atoms with Crippen molar-refractivity contribution in [3.05, 3.63) is 28.3 Å². The number of hydrogen-bond acceptors (Lipinski definition) is 5. The quantitative estimate of drug-likeness (QED) is 0.422. The molecule has 2 rings (SSSR count). The van der Waals surface area contributed by atoms with Crippen LogP contribution in [0.4, 0.5) is 11.4 Å². The SMILES string of the molecule is O=C(Nc1cc([N+](=O)[O-])ccc1O)[C@@H]1CCCN1. The molecule has 96 valence electrons. The minimum Gasteiger partial charge on any atom is -0.506 e. The molecule has 0 saturated carbocycles. The fourth-order valence-electron chi connectivity index (χ4n) is 1.87. The zero-order chi connectivity index (χ0) is 13.1. The Morgan fingerprint density at radius 1 is 1.56 bits per heavy atom. The largest absolute Gasteiger partial charge is 0.506 e. The van der Waals surface area contributed by atoms with Crippen LogP contribution in [0.1, 0.15) is 12.8 Å². The highest BCUT2D eigenvalue weighted by Gasteiger charge is 2.23. The Morgan fingerprint density at radius 3 is 2.94 bits per heavy atom. The van der Waals surface area contributed by atoms with E-state index in [-0.39, 0.29) is 29.1 Å². The first kappa shape index (κ1) is 12.3. The summed E-state index contributed by atoms with van der Waals surface area (Å²) >= 11 is 0. The molecule has 1 aliphatic heterocycles. The van der Waals surface area contributed by atoms with E-state index in [0.717, 1.165) is 25.5 Å². The summed E-state index contributed by atoms with van der Waals surface area (Å²) in [4.78, 5) is 21.8. The summed E-state index contributed by atoms with van der Waals surface area (Å²) < 4.78 is 0. The molecule has 0 radical (unpaired) electrons. The van der Waals surface area contributed by atoms with Crippen molar-refractivity contribution in [2.24, 2.45) is 0 Å². The number of phenols is 1. The lowest BCUT2D eigenvalue weighted by atomic mass is 10.2. The van der Waals surface area contributed by atoms with Crippen LogP contribution in [0, 0.1) is 10.1 Å². The van der Waals surface area contributed by atoms with Gasteiger partial charge in [0.05, 0.1) is 16.7 Å². The third-order valence-corrected chi connectivity index (χ3v) is 2.83. The normalized spacial score (nSPS) is 18.6. The number of nitrogens with zero attached hydrogens (tertiary/aromatic N) is 1. The van der Waals surface area contributed by atoms with Gasteiger partial charge in [-0.1, -0.05) is 0 Å². The highest BCUT2D eigenvalue weighted by atomic mass is 16.6. The van der Waals surface area contributed by atoms with E-state index in [9.17, 15) is 20.0 Å². The summed E-state index contributed by atoms with van der Waals surface area (Å²) in [6, 6.07) is 3.21. The van der Waals surface area contributed by atoms with E-state index in [1.165, 1.54) is 12.1 Å². The Kier molecular flexibility index (Phi) is 3.42. The number of carbonyl (C=O) groups is 1. The van der Waals surface area contributed by atoms with Gasteiger partial charge in [0.2, 0.25) is 5.91 Å². The lowest BCUT2D eigenvalue weighted by molar-refractivity contribution is -0.384. The lowest BCUT2D eigenvalue weighted by Crippen LogP contribution is -2.35. The first-order valence-electron chi connectivity index (χ1n) is 5.59. The molecule has 0 bridgehead atoms. The van der Waals surface area contributed by atoms with Crippen LogP contribution in [0.5, 0.6) is 5.75 Å². The summed E-state index contributed by atoms with van der Waals surface area (Å²) in [5, 5.41) is 25.7. The van der Waals surface area contributed by atoms with Crippen molar-refractivity contribution in [2.45, 2.75) is 18.9 Å². The molecule has 3 N–H and O–H groups in total. The van der Waals surface area contributed by atoms with E-state index in [4.69, 9.17) is 0 Å². The van der Waals surface area contributed by atoms with Gasteiger partial charge in [-0.25, -0.2) is 0 Å². The molecule has 1 aromatic rings. The summed E-state index contributed by atoms with van der Waals surface area (Å²) in [7, 11) is 0. The maximum atomic E-state index is 11.8. The van der Waals surface area contributed by atoms with Gasteiger partial charge in [0.15, 0.2) is 0 Å². The van der Waals surface area contributed by atoms with Crippen LogP contribution in [0.25, 0.3) is 0 Å². The van der Waals surface area contributed by atoms with Gasteiger partial charge in [-0.3, -0.25) is 14.9 Å². The number of amides is 1. The van der Waals surface area contributed by atoms with Crippen LogP contribution >= 0.6 is 0 Å². The summed E-state index contributed by atoms with van der Waals surface area (Å²) in [5.74, 6) is -0.477. The molecule has 0 unspecified atom stereocenters. The minimum absolute atomic E-state index is 0.0582. The van der Waals surface area contributed by atoms with Crippen LogP contribution in [0.15, 0.2) is 18.2 Å². The van der Waals surface area contributed by atoms with Gasteiger partial charge < -0.3 is 15.7 Å². The highest BCUT2D eigenvalue weighted by Crippen LogP contribution is 2.28. The van der Waals surface area contributed by atoms with Gasteiger partial charge in [-0.05, 0) is 25.5 Å². The Labute approximate surface area is 103 Å². The second-order valence-corrected chi connectivity index (χ2v) is 4.10. The number of nitro groups is 1. The summed E-state index contributed by atoms with van der Waals surface area (Å²) in [6.07, 6.45) is 1.64. The molecule has 0 aromatic heterocycles. The van der Waals surface area contributed by atoms with Crippen molar-refractivity contribution in [2.75, 3.05) is 11.9 Å². The van der Waals surface area contributed by atoms with Crippen molar-refractivity contribution in [3.63, 3.8) is 0 Å². The number of nitrogens with one attached hydrogen (secondary N) is 2. The first-order valence-corrected chi connectivity index (χ1v) is 5.59. The number of non-ortho nitro benzene ring substituents is 1. The van der Waals surface area contributed by atoms with E-state index in [1.54, 1.807) is 0 Å². The van der Waals surface area contributed by atoms with Gasteiger partial charge in [-0.15, -0.1) is 0 Å². The molecule has 1 aromatic carbocycles. The molecule has 1 saturated heterocycles. The number of anilines is 1. The van der Waals surface area contributed by atoms with E-state index in [0.29, 0.717) is 0 Å². The molecule has 1 atom stereocenters. The number of aromatic hydroxyl groups is 1. The summed E-state index contributed by atoms with van der Waals surface area (Å²) in [6.45, 7) is 0.777. The molecule has 18 heavy (non-hydrogen) atoms. The molecule has 7 nitrogen and oxygen atoms in total. The first-order chi connectivity index (χ1) is 8.58. The van der Waals surface area contributed by atoms with Gasteiger partial charge in [0.25, 0.3) is 5.69 Å². The third kappa shape index (κ3) is 2.57. The van der Waals surface area contributed by atoms with Crippen molar-refractivity contribution < 1.29 is 14.8 Å². The molecule has 0 spiro atoms. The number of benzene rings is 1. The Bertz CT molecular complexity index is 483. The van der Waals surface area contributed by atoms with E-state index < -0.39 is 4.92 Å². The topological polar surface area (TPSA) is 104 Å². The molecule has 1 fully saturated rings. The Balaban J connectivity index is 2.14. The smallest absolute Gasteiger partial charge is 0.271 e. The fourth-order valence-corrected chi connectivity index (χ4v) is 1.87. The Morgan fingerprint density at radius 2 is 2.33 bits per heavy atom. The van der Waals surface area contributed by atoms with Crippen molar-refractivity contribution in [3.8, 4) is 5.75 Å². The number of rotatable bonds is 3.